The summed E-state index contributed by atoms with van der Waals surface area (Å²) in [6.45, 7) is 9.44. The SMILES string of the molecule is CC(C)(C)OC(=O)[C@@H]1CCCN1CCN1CCNC1=O. The number of hydrogen-bond donors (Lipinski definition) is 1. The van der Waals surface area contributed by atoms with Gasteiger partial charge in [-0.15, -0.1) is 0 Å². The first-order chi connectivity index (χ1) is 9.37. The molecule has 0 aliphatic carbocycles. The molecule has 0 saturated carbocycles. The predicted octanol–water partition coefficient (Wildman–Crippen LogP) is 0.818. The van der Waals surface area contributed by atoms with Crippen LogP contribution in [0.15, 0.2) is 0 Å². The van der Waals surface area contributed by atoms with Crippen LogP contribution in [-0.2, 0) is 9.53 Å². The molecule has 0 spiro atoms. The van der Waals surface area contributed by atoms with Crippen LogP contribution in [0, 0.1) is 0 Å². The summed E-state index contributed by atoms with van der Waals surface area (Å²) in [5.41, 5.74) is -0.444. The maximum absolute atomic E-state index is 12.2. The molecular formula is C14H25N3O3. The first kappa shape index (κ1) is 15.1. The van der Waals surface area contributed by atoms with Crippen LogP contribution in [-0.4, -0.2) is 66.2 Å². The van der Waals surface area contributed by atoms with Gasteiger partial charge in [-0.3, -0.25) is 9.69 Å². The van der Waals surface area contributed by atoms with Crippen molar-refractivity contribution < 1.29 is 14.3 Å². The Kier molecular flexibility index (Phi) is 4.52. The largest absolute Gasteiger partial charge is 0.459 e. The summed E-state index contributed by atoms with van der Waals surface area (Å²) >= 11 is 0. The molecule has 6 heteroatoms. The van der Waals surface area contributed by atoms with Crippen molar-refractivity contribution >= 4 is 12.0 Å². The fourth-order valence-electron chi connectivity index (χ4n) is 2.70. The summed E-state index contributed by atoms with van der Waals surface area (Å²) in [5, 5.41) is 2.79. The molecule has 1 N–H and O–H groups in total. The minimum absolute atomic E-state index is 0.00184. The number of esters is 1. The Bertz CT molecular complexity index is 378. The summed E-state index contributed by atoms with van der Waals surface area (Å²) in [6, 6.07) is -0.155. The molecule has 0 radical (unpaired) electrons. The minimum atomic E-state index is -0.444. The maximum Gasteiger partial charge on any atom is 0.323 e. The first-order valence-electron chi connectivity index (χ1n) is 7.36. The second-order valence-corrected chi connectivity index (χ2v) is 6.45. The number of likely N-dealkylation sites (tertiary alicyclic amines) is 1. The average molecular weight is 283 g/mol. The predicted molar refractivity (Wildman–Crippen MR) is 75.4 cm³/mol. The van der Waals surface area contributed by atoms with E-state index in [1.807, 2.05) is 20.8 Å². The molecule has 6 nitrogen and oxygen atoms in total. The van der Waals surface area contributed by atoms with Gasteiger partial charge in [-0.1, -0.05) is 0 Å². The number of carbonyl (C=O) groups is 2. The van der Waals surface area contributed by atoms with Crippen molar-refractivity contribution in [2.75, 3.05) is 32.7 Å². The number of carbonyl (C=O) groups excluding carboxylic acids is 2. The van der Waals surface area contributed by atoms with Crippen LogP contribution in [0.2, 0.25) is 0 Å². The topological polar surface area (TPSA) is 61.9 Å². The highest BCUT2D eigenvalue weighted by Gasteiger charge is 2.34. The summed E-state index contributed by atoms with van der Waals surface area (Å²) in [4.78, 5) is 27.6. The Balaban J connectivity index is 1.84. The Morgan fingerprint density at radius 3 is 2.70 bits per heavy atom. The molecule has 2 rings (SSSR count). The Morgan fingerprint density at radius 1 is 1.35 bits per heavy atom. The van der Waals surface area contributed by atoms with Crippen LogP contribution in [0.25, 0.3) is 0 Å². The normalized spacial score (nSPS) is 24.1. The number of amides is 2. The van der Waals surface area contributed by atoms with Crippen molar-refractivity contribution in [2.45, 2.75) is 45.3 Å². The van der Waals surface area contributed by atoms with Gasteiger partial charge in [0.15, 0.2) is 0 Å². The lowest BCUT2D eigenvalue weighted by Gasteiger charge is -2.28. The zero-order valence-corrected chi connectivity index (χ0v) is 12.6. The number of hydrogen-bond acceptors (Lipinski definition) is 4. The lowest BCUT2D eigenvalue weighted by molar-refractivity contribution is -0.160. The average Bonchev–Trinajstić information content (AvgIpc) is 2.92. The third-order valence-corrected chi connectivity index (χ3v) is 3.64. The maximum atomic E-state index is 12.2. The summed E-state index contributed by atoms with van der Waals surface area (Å²) in [5.74, 6) is -0.138. The van der Waals surface area contributed by atoms with E-state index < -0.39 is 5.60 Å². The lowest BCUT2D eigenvalue weighted by Crippen LogP contribution is -2.44. The smallest absolute Gasteiger partial charge is 0.323 e. The number of nitrogens with one attached hydrogen (secondary N) is 1. The second-order valence-electron chi connectivity index (χ2n) is 6.45. The van der Waals surface area contributed by atoms with Gasteiger partial charge < -0.3 is 15.0 Å². The van der Waals surface area contributed by atoms with E-state index in [4.69, 9.17) is 4.74 Å². The quantitative estimate of drug-likeness (QED) is 0.776. The molecule has 0 unspecified atom stereocenters. The second kappa shape index (κ2) is 5.99. The molecule has 20 heavy (non-hydrogen) atoms. The third-order valence-electron chi connectivity index (χ3n) is 3.64. The van der Waals surface area contributed by atoms with E-state index in [-0.39, 0.29) is 18.0 Å². The first-order valence-corrected chi connectivity index (χ1v) is 7.36. The number of ether oxygens (including phenoxy) is 1. The molecule has 2 aliphatic heterocycles. The van der Waals surface area contributed by atoms with Crippen LogP contribution >= 0.6 is 0 Å². The van der Waals surface area contributed by atoms with Gasteiger partial charge in [0.2, 0.25) is 0 Å². The van der Waals surface area contributed by atoms with E-state index in [9.17, 15) is 9.59 Å². The van der Waals surface area contributed by atoms with Crippen LogP contribution in [0.4, 0.5) is 4.79 Å². The zero-order valence-electron chi connectivity index (χ0n) is 12.6. The van der Waals surface area contributed by atoms with E-state index in [0.717, 1.165) is 32.5 Å². The minimum Gasteiger partial charge on any atom is -0.459 e. The van der Waals surface area contributed by atoms with Gasteiger partial charge >= 0.3 is 12.0 Å². The fourth-order valence-corrected chi connectivity index (χ4v) is 2.70. The van der Waals surface area contributed by atoms with Gasteiger partial charge in [-0.05, 0) is 40.2 Å². The molecule has 2 fully saturated rings. The van der Waals surface area contributed by atoms with E-state index in [2.05, 4.69) is 10.2 Å². The van der Waals surface area contributed by atoms with Crippen LogP contribution in [0.1, 0.15) is 33.6 Å². The molecule has 0 aromatic heterocycles. The highest BCUT2D eigenvalue weighted by Crippen LogP contribution is 2.21. The standard InChI is InChI=1S/C14H25N3O3/c1-14(2,3)20-12(18)11-5-4-7-16(11)9-10-17-8-6-15-13(17)19/h11H,4-10H2,1-3H3,(H,15,19)/t11-/m0/s1. The van der Waals surface area contributed by atoms with Crippen LogP contribution in [0.5, 0.6) is 0 Å². The van der Waals surface area contributed by atoms with Crippen molar-refractivity contribution in [3.8, 4) is 0 Å². The van der Waals surface area contributed by atoms with Gasteiger partial charge in [0.1, 0.15) is 11.6 Å². The van der Waals surface area contributed by atoms with Crippen LogP contribution in [0.3, 0.4) is 0 Å². The van der Waals surface area contributed by atoms with Gasteiger partial charge in [0.25, 0.3) is 0 Å². The lowest BCUT2D eigenvalue weighted by atomic mass is 10.1. The molecule has 2 aliphatic rings. The summed E-state index contributed by atoms with van der Waals surface area (Å²) in [7, 11) is 0. The van der Waals surface area contributed by atoms with E-state index in [0.29, 0.717) is 13.1 Å². The molecule has 0 aromatic carbocycles. The fraction of sp³-hybridized carbons (Fsp3) is 0.857. The zero-order chi connectivity index (χ0) is 14.8. The Labute approximate surface area is 120 Å². The van der Waals surface area contributed by atoms with Gasteiger partial charge in [0.05, 0.1) is 0 Å². The number of nitrogens with zero attached hydrogens (tertiary/aromatic N) is 2. The molecule has 1 atom stereocenters. The monoisotopic (exact) mass is 283 g/mol. The molecule has 114 valence electrons. The molecular weight excluding hydrogens is 258 g/mol. The Hall–Kier alpha value is -1.30. The van der Waals surface area contributed by atoms with E-state index in [1.54, 1.807) is 4.90 Å². The molecule has 2 saturated heterocycles. The van der Waals surface area contributed by atoms with Crippen molar-refractivity contribution in [1.29, 1.82) is 0 Å². The highest BCUT2D eigenvalue weighted by atomic mass is 16.6. The van der Waals surface area contributed by atoms with Gasteiger partial charge in [-0.25, -0.2) is 4.79 Å². The molecule has 2 amide bonds. The molecule has 2 heterocycles. The summed E-state index contributed by atoms with van der Waals surface area (Å²) in [6.07, 6.45) is 1.86. The van der Waals surface area contributed by atoms with Gasteiger partial charge in [0, 0.05) is 26.2 Å². The van der Waals surface area contributed by atoms with Gasteiger partial charge in [-0.2, -0.15) is 0 Å². The van der Waals surface area contributed by atoms with Crippen LogP contribution < -0.4 is 5.32 Å². The van der Waals surface area contributed by atoms with Crippen molar-refractivity contribution in [2.24, 2.45) is 0 Å². The third kappa shape index (κ3) is 3.85. The number of urea groups is 1. The van der Waals surface area contributed by atoms with Crippen molar-refractivity contribution in [1.82, 2.24) is 15.1 Å². The number of rotatable bonds is 4. The van der Waals surface area contributed by atoms with E-state index in [1.165, 1.54) is 0 Å². The molecule has 0 bridgehead atoms. The van der Waals surface area contributed by atoms with E-state index >= 15 is 0 Å². The Morgan fingerprint density at radius 2 is 2.10 bits per heavy atom. The summed E-state index contributed by atoms with van der Waals surface area (Å²) < 4.78 is 5.47. The molecule has 0 aromatic rings. The highest BCUT2D eigenvalue weighted by molar-refractivity contribution is 5.77. The van der Waals surface area contributed by atoms with Crippen molar-refractivity contribution in [3.05, 3.63) is 0 Å². The van der Waals surface area contributed by atoms with Crippen molar-refractivity contribution in [3.63, 3.8) is 0 Å².